The lowest BCUT2D eigenvalue weighted by Gasteiger charge is -2.45. The number of aromatic nitrogens is 1. The summed E-state index contributed by atoms with van der Waals surface area (Å²) >= 11 is 0. The molecule has 24 heavy (non-hydrogen) atoms. The van der Waals surface area contributed by atoms with Crippen LogP contribution in [0.15, 0.2) is 18.3 Å². The van der Waals surface area contributed by atoms with Gasteiger partial charge in [0, 0.05) is 5.54 Å². The lowest BCUT2D eigenvalue weighted by atomic mass is 9.64. The minimum absolute atomic E-state index is 0.111. The van der Waals surface area contributed by atoms with E-state index in [-0.39, 0.29) is 11.7 Å². The lowest BCUT2D eigenvalue weighted by molar-refractivity contribution is -0.274. The zero-order chi connectivity index (χ0) is 17.6. The van der Waals surface area contributed by atoms with Gasteiger partial charge < -0.3 is 20.5 Å². The standard InChI is InChI=1S/C14H14F3N3O4/c15-14(16,17)24-8-1-2-9(18-5-8)19-10(21)12-3-4-13(6-12,7-12)20-11(22)23/h1-2,5,20H,3-4,6-7H2,(H,22,23)(H,18,19,21). The number of nitrogens with zero attached hydrogens (tertiary/aromatic N) is 1. The van der Waals surface area contributed by atoms with Gasteiger partial charge >= 0.3 is 12.5 Å². The number of anilines is 1. The highest BCUT2D eigenvalue weighted by atomic mass is 19.4. The lowest BCUT2D eigenvalue weighted by Crippen LogP contribution is -2.58. The molecule has 0 unspecified atom stereocenters. The quantitative estimate of drug-likeness (QED) is 0.778. The van der Waals surface area contributed by atoms with Crippen molar-refractivity contribution < 1.29 is 32.6 Å². The highest BCUT2D eigenvalue weighted by Gasteiger charge is 2.65. The van der Waals surface area contributed by atoms with Crippen molar-refractivity contribution in [3.63, 3.8) is 0 Å². The SMILES string of the molecule is O=C(O)NC12CCC(C(=O)Nc3ccc(OC(F)(F)F)cn3)(C1)C2. The van der Waals surface area contributed by atoms with Crippen LogP contribution in [0.1, 0.15) is 25.7 Å². The van der Waals surface area contributed by atoms with Gasteiger partial charge in [-0.1, -0.05) is 0 Å². The maximum atomic E-state index is 12.4. The fraction of sp³-hybridized carbons (Fsp3) is 0.500. The largest absolute Gasteiger partial charge is 0.573 e. The van der Waals surface area contributed by atoms with Crippen molar-refractivity contribution >= 4 is 17.8 Å². The maximum Gasteiger partial charge on any atom is 0.573 e. The second-order valence-electron chi connectivity index (χ2n) is 6.23. The number of halogens is 3. The summed E-state index contributed by atoms with van der Waals surface area (Å²) in [6, 6.07) is 2.27. The van der Waals surface area contributed by atoms with Crippen LogP contribution < -0.4 is 15.4 Å². The van der Waals surface area contributed by atoms with Gasteiger partial charge in [-0.2, -0.15) is 0 Å². The molecule has 1 heterocycles. The highest BCUT2D eigenvalue weighted by molar-refractivity contribution is 5.96. The van der Waals surface area contributed by atoms with Crippen LogP contribution in [-0.2, 0) is 4.79 Å². The number of carboxylic acid groups (broad SMARTS) is 1. The first kappa shape index (κ1) is 16.3. The van der Waals surface area contributed by atoms with Crippen LogP contribution in [0, 0.1) is 5.41 Å². The number of hydrogen-bond acceptors (Lipinski definition) is 4. The van der Waals surface area contributed by atoms with E-state index in [1.807, 2.05) is 0 Å². The summed E-state index contributed by atoms with van der Waals surface area (Å²) in [5, 5.41) is 13.8. The van der Waals surface area contributed by atoms with Gasteiger partial charge in [0.15, 0.2) is 0 Å². The van der Waals surface area contributed by atoms with Crippen LogP contribution >= 0.6 is 0 Å². The van der Waals surface area contributed by atoms with Gasteiger partial charge in [0.1, 0.15) is 11.6 Å². The summed E-state index contributed by atoms with van der Waals surface area (Å²) in [6.45, 7) is 0. The second-order valence-corrected chi connectivity index (χ2v) is 6.23. The third kappa shape index (κ3) is 3.08. The number of fused-ring (bicyclic) bond motifs is 1. The van der Waals surface area contributed by atoms with Crippen LogP contribution in [0.5, 0.6) is 5.75 Å². The van der Waals surface area contributed by atoms with Crippen molar-refractivity contribution in [2.45, 2.75) is 37.6 Å². The van der Waals surface area contributed by atoms with Crippen molar-refractivity contribution in [3.8, 4) is 5.75 Å². The Balaban J connectivity index is 1.60. The number of alkyl halides is 3. The van der Waals surface area contributed by atoms with E-state index in [9.17, 15) is 22.8 Å². The van der Waals surface area contributed by atoms with Crippen LogP contribution in [0.2, 0.25) is 0 Å². The van der Waals surface area contributed by atoms with E-state index in [4.69, 9.17) is 5.11 Å². The molecule has 0 spiro atoms. The van der Waals surface area contributed by atoms with Crippen LogP contribution in [0.3, 0.4) is 0 Å². The first-order valence-electron chi connectivity index (χ1n) is 7.16. The molecule has 1 aromatic rings. The maximum absolute atomic E-state index is 12.4. The Morgan fingerprint density at radius 2 is 1.96 bits per heavy atom. The molecule has 3 aliphatic rings. The molecule has 0 atom stereocenters. The average Bonchev–Trinajstić information content (AvgIpc) is 2.94. The summed E-state index contributed by atoms with van der Waals surface area (Å²) < 4.78 is 39.9. The molecule has 2 bridgehead atoms. The Kier molecular flexibility index (Phi) is 3.57. The summed E-state index contributed by atoms with van der Waals surface area (Å²) in [7, 11) is 0. The Morgan fingerprint density at radius 1 is 1.25 bits per heavy atom. The number of amides is 2. The molecule has 130 valence electrons. The summed E-state index contributed by atoms with van der Waals surface area (Å²) in [6.07, 6.45) is -3.10. The third-order valence-electron chi connectivity index (χ3n) is 4.50. The van der Waals surface area contributed by atoms with Gasteiger partial charge in [0.05, 0.1) is 11.6 Å². The van der Waals surface area contributed by atoms with Crippen molar-refractivity contribution in [1.29, 1.82) is 0 Å². The van der Waals surface area contributed by atoms with E-state index in [1.54, 1.807) is 0 Å². The molecule has 2 amide bonds. The van der Waals surface area contributed by atoms with Crippen molar-refractivity contribution in [1.82, 2.24) is 10.3 Å². The number of rotatable bonds is 4. The molecular weight excluding hydrogens is 331 g/mol. The molecule has 0 aromatic carbocycles. The molecular formula is C14H14F3N3O4. The molecule has 7 nitrogen and oxygen atoms in total. The molecule has 10 heteroatoms. The van der Waals surface area contributed by atoms with Crippen molar-refractivity contribution in [2.75, 3.05) is 5.32 Å². The minimum Gasteiger partial charge on any atom is -0.465 e. The number of carbonyl (C=O) groups is 2. The molecule has 3 fully saturated rings. The van der Waals surface area contributed by atoms with Gasteiger partial charge in [0.2, 0.25) is 5.91 Å². The summed E-state index contributed by atoms with van der Waals surface area (Å²) in [5.41, 5.74) is -1.19. The molecule has 0 radical (unpaired) electrons. The van der Waals surface area contributed by atoms with Crippen molar-refractivity contribution in [2.24, 2.45) is 5.41 Å². The number of ether oxygens (including phenoxy) is 1. The first-order chi connectivity index (χ1) is 11.1. The summed E-state index contributed by atoms with van der Waals surface area (Å²) in [5.74, 6) is -0.674. The number of nitrogens with one attached hydrogen (secondary N) is 2. The van der Waals surface area contributed by atoms with E-state index in [0.717, 1.165) is 12.3 Å². The Morgan fingerprint density at radius 3 is 2.50 bits per heavy atom. The number of pyridine rings is 1. The number of carbonyl (C=O) groups excluding carboxylic acids is 1. The fourth-order valence-corrected chi connectivity index (χ4v) is 3.62. The van der Waals surface area contributed by atoms with Crippen LogP contribution in [-0.4, -0.2) is 34.0 Å². The molecule has 4 rings (SSSR count). The highest BCUT2D eigenvalue weighted by Crippen LogP contribution is 2.61. The molecule has 3 aliphatic carbocycles. The van der Waals surface area contributed by atoms with Crippen molar-refractivity contribution in [3.05, 3.63) is 18.3 Å². The zero-order valence-electron chi connectivity index (χ0n) is 12.3. The molecule has 0 saturated heterocycles. The van der Waals surface area contributed by atoms with E-state index >= 15 is 0 Å². The fourth-order valence-electron chi connectivity index (χ4n) is 3.62. The topological polar surface area (TPSA) is 101 Å². The molecule has 3 saturated carbocycles. The zero-order valence-corrected chi connectivity index (χ0v) is 12.3. The van der Waals surface area contributed by atoms with Gasteiger partial charge in [-0.25, -0.2) is 9.78 Å². The minimum atomic E-state index is -4.80. The summed E-state index contributed by atoms with van der Waals surface area (Å²) in [4.78, 5) is 26.9. The van der Waals surface area contributed by atoms with Gasteiger partial charge in [-0.3, -0.25) is 4.79 Å². The predicted octanol–water partition coefficient (Wildman–Crippen LogP) is 2.50. The van der Waals surface area contributed by atoms with E-state index in [2.05, 4.69) is 20.4 Å². The Hall–Kier alpha value is -2.52. The average molecular weight is 345 g/mol. The Labute approximate surface area is 134 Å². The van der Waals surface area contributed by atoms with Gasteiger partial charge in [0.25, 0.3) is 0 Å². The molecule has 3 N–H and O–H groups in total. The predicted molar refractivity (Wildman–Crippen MR) is 74.3 cm³/mol. The Bertz CT molecular complexity index is 669. The van der Waals surface area contributed by atoms with E-state index in [1.165, 1.54) is 6.07 Å². The van der Waals surface area contributed by atoms with Gasteiger partial charge in [-0.05, 0) is 37.8 Å². The molecule has 1 aromatic heterocycles. The van der Waals surface area contributed by atoms with Crippen LogP contribution in [0.4, 0.5) is 23.8 Å². The van der Waals surface area contributed by atoms with E-state index < -0.39 is 29.2 Å². The van der Waals surface area contributed by atoms with E-state index in [0.29, 0.717) is 25.7 Å². The third-order valence-corrected chi connectivity index (χ3v) is 4.50. The number of hydrogen-bond donors (Lipinski definition) is 3. The second kappa shape index (κ2) is 5.25. The van der Waals surface area contributed by atoms with Gasteiger partial charge in [-0.15, -0.1) is 13.2 Å². The smallest absolute Gasteiger partial charge is 0.465 e. The molecule has 0 aliphatic heterocycles. The first-order valence-corrected chi connectivity index (χ1v) is 7.16. The monoisotopic (exact) mass is 345 g/mol. The van der Waals surface area contributed by atoms with Crippen LogP contribution in [0.25, 0.3) is 0 Å². The normalized spacial score (nSPS) is 28.0.